The van der Waals surface area contributed by atoms with Gasteiger partial charge in [0.2, 0.25) is 17.8 Å². The Bertz CT molecular complexity index is 4370. The van der Waals surface area contributed by atoms with E-state index in [0.717, 1.165) is 28.6 Å². The van der Waals surface area contributed by atoms with Gasteiger partial charge in [-0.25, -0.2) is 29.8 Å². The summed E-state index contributed by atoms with van der Waals surface area (Å²) in [7, 11) is 3.50. The molecule has 9 rings (SSSR count). The van der Waals surface area contributed by atoms with Crippen molar-refractivity contribution < 1.29 is 72.4 Å². The van der Waals surface area contributed by atoms with Crippen LogP contribution in [0, 0.1) is 13.8 Å². The Hall–Kier alpha value is -10.1. The molecule has 0 radical (unpaired) electrons. The normalized spacial score (nSPS) is 16.8. The first-order chi connectivity index (χ1) is 46.8. The van der Waals surface area contributed by atoms with Crippen LogP contribution < -0.4 is 38.1 Å². The van der Waals surface area contributed by atoms with Crippen molar-refractivity contribution in [1.82, 2.24) is 61.4 Å². The Morgan fingerprint density at radius 1 is 0.745 bits per heavy atom. The van der Waals surface area contributed by atoms with Crippen LogP contribution in [0.2, 0.25) is 0 Å². The van der Waals surface area contributed by atoms with Gasteiger partial charge in [0, 0.05) is 124 Å². The van der Waals surface area contributed by atoms with E-state index in [0.29, 0.717) is 72.7 Å². The predicted octanol–water partition coefficient (Wildman–Crippen LogP) is 6.90. The number of nitrogens with zero attached hydrogens (tertiary/aromatic N) is 5. The quantitative estimate of drug-likeness (QED) is 0.00545. The van der Waals surface area contributed by atoms with Gasteiger partial charge in [0.1, 0.15) is 30.4 Å². The zero-order chi connectivity index (χ0) is 70.6. The van der Waals surface area contributed by atoms with E-state index in [2.05, 4.69) is 70.6 Å². The number of hydrogen-bond acceptors (Lipinski definition) is 23. The molecule has 0 spiro atoms. The molecule has 0 saturated carbocycles. The number of H-pyrrole nitrogens is 3. The highest BCUT2D eigenvalue weighted by atomic mass is 33.1. The number of carboxylic acids is 2. The summed E-state index contributed by atoms with van der Waals surface area (Å²) in [5.74, 6) is -8.23. The lowest BCUT2D eigenvalue weighted by Gasteiger charge is -2.19. The smallest absolute Gasteiger partial charge is 0.426 e. The summed E-state index contributed by atoms with van der Waals surface area (Å²) in [5.41, 5.74) is 18.4. The van der Waals surface area contributed by atoms with Gasteiger partial charge in [-0.15, -0.1) is 0 Å². The fourth-order valence-corrected chi connectivity index (χ4v) is 14.2. The van der Waals surface area contributed by atoms with Gasteiger partial charge >= 0.3 is 24.0 Å². The Morgan fingerprint density at radius 2 is 1.45 bits per heavy atom. The van der Waals surface area contributed by atoms with Crippen molar-refractivity contribution in [2.24, 2.45) is 0 Å². The van der Waals surface area contributed by atoms with Gasteiger partial charge in [0.05, 0.1) is 48.9 Å². The van der Waals surface area contributed by atoms with Crippen molar-refractivity contribution in [3.8, 4) is 0 Å². The van der Waals surface area contributed by atoms with Crippen LogP contribution in [0.4, 0.5) is 16.4 Å². The lowest BCUT2D eigenvalue weighted by molar-refractivity contribution is -0.141. The summed E-state index contributed by atoms with van der Waals surface area (Å²) in [4.78, 5) is 174. The molecule has 518 valence electrons. The number of ketones is 3. The number of Topliss-reactive ketones (excluding diaryl/α,β-unsaturated/α-hetero) is 3. The third-order valence-corrected chi connectivity index (χ3v) is 19.8. The van der Waals surface area contributed by atoms with Crippen molar-refractivity contribution in [3.05, 3.63) is 121 Å². The highest BCUT2D eigenvalue weighted by Crippen LogP contribution is 2.48. The van der Waals surface area contributed by atoms with E-state index in [9.17, 15) is 63.0 Å². The largest absolute Gasteiger partial charge is 0.480 e. The number of hydrazine groups is 1. The number of carbonyl (C=O) groups is 10. The number of aliphatic carboxylic acids is 2. The van der Waals surface area contributed by atoms with Crippen LogP contribution in [0.25, 0.3) is 33.2 Å². The highest BCUT2D eigenvalue weighted by Gasteiger charge is 2.46. The topological polar surface area (TPSA) is 454 Å². The summed E-state index contributed by atoms with van der Waals surface area (Å²) < 4.78 is 15.9. The number of fused-ring (bicyclic) bond motifs is 9. The number of carboxylic acid groups (broad SMARTS) is 2. The van der Waals surface area contributed by atoms with Crippen LogP contribution in [-0.2, 0) is 49.5 Å². The highest BCUT2D eigenvalue weighted by molar-refractivity contribution is 8.76. The zero-order valence-electron chi connectivity index (χ0n) is 54.8. The van der Waals surface area contributed by atoms with Gasteiger partial charge in [-0.2, -0.15) is 4.98 Å². The molecule has 0 fully saturated rings. The molecule has 1 unspecified atom stereocenters. The summed E-state index contributed by atoms with van der Waals surface area (Å²) in [6, 6.07) is 9.25. The molecule has 7 heterocycles. The van der Waals surface area contributed by atoms with Gasteiger partial charge in [-0.3, -0.25) is 58.7 Å². The number of benzene rings is 1. The Balaban J connectivity index is 0.679. The number of anilines is 2. The van der Waals surface area contributed by atoms with E-state index in [-0.39, 0.29) is 135 Å². The minimum absolute atomic E-state index is 0.0107. The van der Waals surface area contributed by atoms with E-state index in [1.165, 1.54) is 43.2 Å². The minimum Gasteiger partial charge on any atom is -0.480 e. The fourth-order valence-electron chi connectivity index (χ4n) is 12.2. The number of aromatic amines is 3. The van der Waals surface area contributed by atoms with Crippen LogP contribution >= 0.6 is 21.6 Å². The SMILES string of the molecule is CC[C@H]1c2cc3[nH]c4c(c3C)C(=O)C(C(=O)OC)c4c3nc(cc4[nH]c(cc(n2)[C@@H]1C)c(C(C)=O)c4C)[C@@H](C)[C@@H]3CCC(=O)NNC(=O)OCCSSC[C@H](NC(=O)CCOCCCC(=O)CC[C@H](NC(=O)c1ccc(NCc2cnc3nc(N)[nH]c(=O)c3n2)cc1)C(=O)O)C(=O)O. The molecule has 30 nitrogen and oxygen atoms in total. The van der Waals surface area contributed by atoms with Crippen LogP contribution in [0.15, 0.2) is 53.5 Å². The number of ether oxygens (including phenoxy) is 3. The molecule has 5 aromatic heterocycles. The molecule has 1 aromatic carbocycles. The summed E-state index contributed by atoms with van der Waals surface area (Å²) in [6.07, 6.45) is 1.06. The third kappa shape index (κ3) is 17.0. The van der Waals surface area contributed by atoms with Gasteiger partial charge in [-0.05, 0) is 100 Å². The number of rotatable bonds is 30. The van der Waals surface area contributed by atoms with E-state index in [4.69, 9.17) is 29.9 Å². The summed E-state index contributed by atoms with van der Waals surface area (Å²) >= 11 is 0. The first kappa shape index (κ1) is 72.2. The standard InChI is InChI=1S/C66H76N14O16S2/c1-8-39-30(2)42-26-47-51(34(6)81)32(4)44(72-47)24-43-31(3)40(55(74-43)53-54(64(92)94-7)58(85)52-33(5)45(75-56(52)53)25-46(39)71-42)16-18-50(84)79-80-66(93)96-22-23-97-98-29-48(63(90)91)73-49(83)19-21-95-20-9-10-38(82)15-17-41(62(88)89)76-60(86)35-11-13-36(14-12-35)68-27-37-28-69-59-57(70-37)61(87)78-65(67)77-59/h11-14,24-26,28,30-31,39-41,48,54,68,72,75H,8-10,15-23,27,29H2,1-7H3,(H,73,83)(H,76,86)(H,79,84)(H,80,93)(H,88,89)(H,90,91)(H3,67,69,77,78,87)/t30-,31+,39-,40+,41+,48+,54?/m1/s1. The molecule has 98 heavy (non-hydrogen) atoms. The molecule has 3 aliphatic rings. The van der Waals surface area contributed by atoms with Crippen LogP contribution in [0.1, 0.15) is 185 Å². The first-order valence-electron chi connectivity index (χ1n) is 31.7. The van der Waals surface area contributed by atoms with Crippen molar-refractivity contribution in [2.75, 3.05) is 49.5 Å². The van der Waals surface area contributed by atoms with Gasteiger partial charge < -0.3 is 56.1 Å². The fraction of sp³-hybridized carbons (Fsp3) is 0.424. The van der Waals surface area contributed by atoms with Crippen molar-refractivity contribution >= 4 is 126 Å². The third-order valence-electron chi connectivity index (χ3n) is 17.4. The monoisotopic (exact) mass is 1380 g/mol. The number of nitrogens with two attached hydrogens (primary N) is 1. The maximum atomic E-state index is 14.5. The van der Waals surface area contributed by atoms with Crippen LogP contribution in [-0.4, -0.2) is 160 Å². The lowest BCUT2D eigenvalue weighted by Crippen LogP contribution is -2.42. The number of hydrogen-bond donors (Lipinski definition) is 11. The zero-order valence-corrected chi connectivity index (χ0v) is 56.4. The maximum absolute atomic E-state index is 14.5. The second kappa shape index (κ2) is 32.3. The molecular weight excluding hydrogens is 1310 g/mol. The van der Waals surface area contributed by atoms with E-state index >= 15 is 0 Å². The molecule has 2 aliphatic heterocycles. The van der Waals surface area contributed by atoms with Crippen molar-refractivity contribution in [3.63, 3.8) is 0 Å². The first-order valence-corrected chi connectivity index (χ1v) is 34.2. The average molecular weight is 1390 g/mol. The van der Waals surface area contributed by atoms with E-state index in [1.54, 1.807) is 12.1 Å². The maximum Gasteiger partial charge on any atom is 0.426 e. The number of esters is 1. The van der Waals surface area contributed by atoms with Crippen molar-refractivity contribution in [1.29, 1.82) is 0 Å². The Morgan fingerprint density at radius 3 is 2.16 bits per heavy atom. The Kier molecular flexibility index (Phi) is 23.8. The van der Waals surface area contributed by atoms with Gasteiger partial charge in [-0.1, -0.05) is 42.4 Å². The van der Waals surface area contributed by atoms with Crippen LogP contribution in [0.5, 0.6) is 0 Å². The van der Waals surface area contributed by atoms with Gasteiger partial charge in [0.25, 0.3) is 11.5 Å². The number of amides is 4. The number of aromatic nitrogens is 8. The molecule has 12 N–H and O–H groups in total. The number of nitrogens with one attached hydrogen (secondary N) is 8. The Labute approximate surface area is 568 Å². The number of aryl methyl sites for hydroxylation is 2. The number of nitrogen functional groups attached to an aromatic ring is 1. The summed E-state index contributed by atoms with van der Waals surface area (Å²) in [6.45, 7) is 11.3. The molecule has 0 saturated heterocycles. The minimum atomic E-state index is -1.35. The number of carbonyl (C=O) groups excluding carboxylic acids is 8. The van der Waals surface area contributed by atoms with Crippen LogP contribution in [0.3, 0.4) is 0 Å². The molecule has 8 bridgehead atoms. The average Bonchev–Trinajstić information content (AvgIpc) is 1.56. The van der Waals surface area contributed by atoms with Crippen molar-refractivity contribution in [2.45, 2.75) is 141 Å². The number of methoxy groups -OCH3 is 1. The molecule has 7 atom stereocenters. The van der Waals surface area contributed by atoms with E-state index < -0.39 is 77.0 Å². The molecule has 4 amide bonds. The lowest BCUT2D eigenvalue weighted by atomic mass is 9.84. The molecular formula is C66H76N14O16S2. The van der Waals surface area contributed by atoms with E-state index in [1.807, 2.05) is 39.0 Å². The molecule has 1 aliphatic carbocycles. The van der Waals surface area contributed by atoms with Gasteiger partial charge in [0.15, 0.2) is 22.7 Å². The predicted molar refractivity (Wildman–Crippen MR) is 362 cm³/mol. The second-order valence-electron chi connectivity index (χ2n) is 23.9. The second-order valence-corrected chi connectivity index (χ2v) is 26.5. The summed E-state index contributed by atoms with van der Waals surface area (Å²) in [5, 5.41) is 27.5. The molecule has 32 heteroatoms. The molecule has 6 aromatic rings.